The molecule has 2 aromatic heterocycles. The van der Waals surface area contributed by atoms with Crippen LogP contribution in [0.4, 0.5) is 5.69 Å². The van der Waals surface area contributed by atoms with Crippen molar-refractivity contribution in [3.8, 4) is 5.75 Å². The number of hydrogen-bond donors (Lipinski definition) is 2. The van der Waals surface area contributed by atoms with Gasteiger partial charge in [-0.3, -0.25) is 14.2 Å². The molecule has 1 amide bonds. The molecular formula is C17H14ClN3O5S. The summed E-state index contributed by atoms with van der Waals surface area (Å²) in [5.41, 5.74) is 0.327. The first-order valence-electron chi connectivity index (χ1n) is 7.67. The van der Waals surface area contributed by atoms with Crippen LogP contribution in [-0.4, -0.2) is 33.6 Å². The minimum Gasteiger partial charge on any atom is -0.495 e. The monoisotopic (exact) mass is 407 g/mol. The summed E-state index contributed by atoms with van der Waals surface area (Å²) in [6.45, 7) is 1.28. The molecule has 10 heteroatoms. The summed E-state index contributed by atoms with van der Waals surface area (Å²) in [7, 11) is 1.48. The van der Waals surface area contributed by atoms with Gasteiger partial charge < -0.3 is 15.2 Å². The van der Waals surface area contributed by atoms with Gasteiger partial charge in [-0.2, -0.15) is 0 Å². The van der Waals surface area contributed by atoms with Crippen molar-refractivity contribution in [2.75, 3.05) is 12.4 Å². The number of carboxylic acids is 1. The summed E-state index contributed by atoms with van der Waals surface area (Å²) in [5.74, 6) is -1.09. The lowest BCUT2D eigenvalue weighted by Gasteiger charge is -2.09. The maximum atomic E-state index is 12.6. The third kappa shape index (κ3) is 3.64. The van der Waals surface area contributed by atoms with E-state index < -0.39 is 17.4 Å². The highest BCUT2D eigenvalue weighted by Crippen LogP contribution is 2.28. The number of nitrogens with zero attached hydrogens (tertiary/aromatic N) is 2. The normalized spacial score (nSPS) is 10.8. The van der Waals surface area contributed by atoms with Crippen LogP contribution in [0.15, 0.2) is 29.3 Å². The van der Waals surface area contributed by atoms with Gasteiger partial charge in [0, 0.05) is 5.69 Å². The molecule has 0 atom stereocenters. The number of hydrogen-bond acceptors (Lipinski definition) is 6. The zero-order chi connectivity index (χ0) is 19.7. The van der Waals surface area contributed by atoms with Gasteiger partial charge in [0.15, 0.2) is 0 Å². The highest BCUT2D eigenvalue weighted by atomic mass is 35.5. The maximum Gasteiger partial charge on any atom is 0.346 e. The molecule has 27 heavy (non-hydrogen) atoms. The second kappa shape index (κ2) is 7.37. The molecule has 0 fully saturated rings. The molecule has 3 rings (SSSR count). The Balaban J connectivity index is 1.86. The molecule has 0 aliphatic rings. The molecule has 1 aromatic carbocycles. The van der Waals surface area contributed by atoms with E-state index in [0.717, 1.165) is 15.9 Å². The third-order valence-electron chi connectivity index (χ3n) is 3.86. The first kappa shape index (κ1) is 18.9. The highest BCUT2D eigenvalue weighted by molar-refractivity contribution is 7.20. The molecule has 0 saturated heterocycles. The molecule has 3 aromatic rings. The van der Waals surface area contributed by atoms with Crippen molar-refractivity contribution in [3.63, 3.8) is 0 Å². The van der Waals surface area contributed by atoms with Crippen LogP contribution >= 0.6 is 22.9 Å². The molecule has 0 spiro atoms. The van der Waals surface area contributed by atoms with Gasteiger partial charge in [0.2, 0.25) is 5.91 Å². The van der Waals surface area contributed by atoms with E-state index in [9.17, 15) is 19.5 Å². The van der Waals surface area contributed by atoms with E-state index in [1.54, 1.807) is 19.1 Å². The number of aromatic nitrogens is 2. The molecule has 0 radical (unpaired) electrons. The fourth-order valence-corrected chi connectivity index (χ4v) is 3.81. The van der Waals surface area contributed by atoms with Crippen LogP contribution in [0.5, 0.6) is 5.75 Å². The Bertz CT molecular complexity index is 1120. The zero-order valence-electron chi connectivity index (χ0n) is 14.3. The van der Waals surface area contributed by atoms with Crippen molar-refractivity contribution in [2.24, 2.45) is 0 Å². The quantitative estimate of drug-likeness (QED) is 0.672. The van der Waals surface area contributed by atoms with Gasteiger partial charge in [-0.25, -0.2) is 9.78 Å². The van der Waals surface area contributed by atoms with E-state index in [1.165, 1.54) is 19.5 Å². The molecule has 0 bridgehead atoms. The number of aryl methyl sites for hydroxylation is 1. The van der Waals surface area contributed by atoms with Crippen molar-refractivity contribution in [2.45, 2.75) is 13.5 Å². The Morgan fingerprint density at radius 2 is 2.15 bits per heavy atom. The van der Waals surface area contributed by atoms with E-state index in [0.29, 0.717) is 26.9 Å². The highest BCUT2D eigenvalue weighted by Gasteiger charge is 2.19. The van der Waals surface area contributed by atoms with E-state index in [2.05, 4.69) is 10.3 Å². The number of nitrogens with one attached hydrogen (secondary N) is 1. The standard InChI is InChI=1S/C17H14ClN3O5S/c1-8-13-15(27-14(8)17(24)25)19-7-21(16(13)23)6-12(22)20-9-3-4-11(26-2)10(18)5-9/h3-5,7H,6H2,1-2H3,(H,20,22)(H,24,25). The SMILES string of the molecule is COc1ccc(NC(=O)Cn2cnc3sc(C(=O)O)c(C)c3c2=O)cc1Cl. The molecule has 2 heterocycles. The van der Waals surface area contributed by atoms with Crippen molar-refractivity contribution in [3.05, 3.63) is 50.3 Å². The number of amides is 1. The second-order valence-corrected chi connectivity index (χ2v) is 7.02. The molecule has 0 aliphatic heterocycles. The van der Waals surface area contributed by atoms with Crippen LogP contribution < -0.4 is 15.6 Å². The van der Waals surface area contributed by atoms with Gasteiger partial charge in [-0.15, -0.1) is 11.3 Å². The fourth-order valence-electron chi connectivity index (χ4n) is 2.58. The number of ether oxygens (including phenoxy) is 1. The number of benzene rings is 1. The van der Waals surface area contributed by atoms with Crippen molar-refractivity contribution in [1.29, 1.82) is 0 Å². The van der Waals surface area contributed by atoms with Gasteiger partial charge in [0.1, 0.15) is 22.0 Å². The Hall–Kier alpha value is -2.91. The predicted molar refractivity (Wildman–Crippen MR) is 102 cm³/mol. The third-order valence-corrected chi connectivity index (χ3v) is 5.34. The van der Waals surface area contributed by atoms with Crippen molar-refractivity contribution < 1.29 is 19.4 Å². The molecule has 8 nitrogen and oxygen atoms in total. The van der Waals surface area contributed by atoms with E-state index in [-0.39, 0.29) is 16.8 Å². The van der Waals surface area contributed by atoms with Crippen LogP contribution in [0.3, 0.4) is 0 Å². The number of carbonyl (C=O) groups excluding carboxylic acids is 1. The van der Waals surface area contributed by atoms with Crippen LogP contribution in [0.1, 0.15) is 15.2 Å². The summed E-state index contributed by atoms with van der Waals surface area (Å²) < 4.78 is 6.18. The molecule has 0 unspecified atom stereocenters. The van der Waals surface area contributed by atoms with Crippen molar-refractivity contribution in [1.82, 2.24) is 9.55 Å². The van der Waals surface area contributed by atoms with Gasteiger partial charge in [-0.05, 0) is 30.7 Å². The Morgan fingerprint density at radius 1 is 1.41 bits per heavy atom. The number of aromatic carboxylic acids is 1. The molecular weight excluding hydrogens is 394 g/mol. The topological polar surface area (TPSA) is 111 Å². The number of halogens is 1. The van der Waals surface area contributed by atoms with Gasteiger partial charge in [-0.1, -0.05) is 11.6 Å². The number of carbonyl (C=O) groups is 2. The lowest BCUT2D eigenvalue weighted by molar-refractivity contribution is -0.116. The largest absolute Gasteiger partial charge is 0.495 e. The number of methoxy groups -OCH3 is 1. The summed E-state index contributed by atoms with van der Waals surface area (Å²) in [4.78, 5) is 40.6. The van der Waals surface area contributed by atoms with Gasteiger partial charge in [0.25, 0.3) is 5.56 Å². The Kier molecular flexibility index (Phi) is 5.15. The summed E-state index contributed by atoms with van der Waals surface area (Å²) in [5, 5.41) is 12.4. The lowest BCUT2D eigenvalue weighted by atomic mass is 10.2. The molecule has 0 saturated carbocycles. The van der Waals surface area contributed by atoms with Crippen LogP contribution in [0, 0.1) is 6.92 Å². The average Bonchev–Trinajstić information content (AvgIpc) is 2.95. The van der Waals surface area contributed by atoms with E-state index in [4.69, 9.17) is 16.3 Å². The Labute approximate surface area is 162 Å². The lowest BCUT2D eigenvalue weighted by Crippen LogP contribution is -2.27. The Morgan fingerprint density at radius 3 is 2.78 bits per heavy atom. The van der Waals surface area contributed by atoms with Crippen molar-refractivity contribution >= 4 is 50.7 Å². The van der Waals surface area contributed by atoms with Crippen LogP contribution in [-0.2, 0) is 11.3 Å². The first-order chi connectivity index (χ1) is 12.8. The van der Waals surface area contributed by atoms with E-state index in [1.807, 2.05) is 0 Å². The van der Waals surface area contributed by atoms with E-state index >= 15 is 0 Å². The smallest absolute Gasteiger partial charge is 0.346 e. The minimum absolute atomic E-state index is 0.0599. The number of carboxylic acid groups (broad SMARTS) is 1. The number of rotatable bonds is 5. The summed E-state index contributed by atoms with van der Waals surface area (Å²) in [6, 6.07) is 4.76. The van der Waals surface area contributed by atoms with Gasteiger partial charge in [0.05, 0.1) is 23.8 Å². The van der Waals surface area contributed by atoms with Crippen LogP contribution in [0.25, 0.3) is 10.2 Å². The number of anilines is 1. The van der Waals surface area contributed by atoms with Crippen LogP contribution in [0.2, 0.25) is 5.02 Å². The van der Waals surface area contributed by atoms with Gasteiger partial charge >= 0.3 is 5.97 Å². The number of thiophene rings is 1. The summed E-state index contributed by atoms with van der Waals surface area (Å²) >= 11 is 6.95. The maximum absolute atomic E-state index is 12.6. The second-order valence-electron chi connectivity index (χ2n) is 5.62. The fraction of sp³-hybridized carbons (Fsp3) is 0.176. The minimum atomic E-state index is -1.12. The average molecular weight is 408 g/mol. The molecule has 0 aliphatic carbocycles. The summed E-state index contributed by atoms with van der Waals surface area (Å²) in [6.07, 6.45) is 1.23. The number of fused-ring (bicyclic) bond motifs is 1. The molecule has 2 N–H and O–H groups in total. The first-order valence-corrected chi connectivity index (χ1v) is 8.86. The zero-order valence-corrected chi connectivity index (χ0v) is 15.8. The molecule has 140 valence electrons. The predicted octanol–water partition coefficient (Wildman–Crippen LogP) is 2.77.